The van der Waals surface area contributed by atoms with Crippen molar-refractivity contribution < 1.29 is 14.6 Å². The minimum absolute atomic E-state index is 0.0600. The number of aromatic nitrogens is 3. The van der Waals surface area contributed by atoms with Crippen molar-refractivity contribution in [2.75, 3.05) is 73.0 Å². The number of piperazine rings is 1. The zero-order chi connectivity index (χ0) is 27.1. The van der Waals surface area contributed by atoms with Crippen molar-refractivity contribution in [1.82, 2.24) is 19.9 Å². The van der Waals surface area contributed by atoms with Crippen LogP contribution in [-0.2, 0) is 10.2 Å². The van der Waals surface area contributed by atoms with E-state index in [1.165, 1.54) is 5.69 Å². The van der Waals surface area contributed by atoms with Crippen molar-refractivity contribution in [2.45, 2.75) is 25.3 Å². The molecular formula is C28H34N8O3. The van der Waals surface area contributed by atoms with E-state index in [-0.39, 0.29) is 12.6 Å². The summed E-state index contributed by atoms with van der Waals surface area (Å²) >= 11 is 0. The van der Waals surface area contributed by atoms with Gasteiger partial charge in [-0.1, -0.05) is 13.0 Å². The number of carbonyl (C=O) groups is 1. The Morgan fingerprint density at radius 3 is 2.51 bits per heavy atom. The number of hydrogen-bond donors (Lipinski definition) is 2. The SMILES string of the molecule is C[C@H]1COC(=O)N1c1cccc(N2C[C@@](C)(CO)c3cnc(Nc4ccc(N5CCN(C)CC5)cc4)nc32)n1. The molecule has 0 saturated carbocycles. The summed E-state index contributed by atoms with van der Waals surface area (Å²) in [7, 11) is 2.15. The summed E-state index contributed by atoms with van der Waals surface area (Å²) in [5, 5.41) is 13.6. The van der Waals surface area contributed by atoms with Crippen molar-refractivity contribution >= 4 is 40.9 Å². The largest absolute Gasteiger partial charge is 0.447 e. The smallest absolute Gasteiger partial charge is 0.415 e. The van der Waals surface area contributed by atoms with Gasteiger partial charge in [0.05, 0.1) is 12.6 Å². The van der Waals surface area contributed by atoms with Crippen LogP contribution in [0.2, 0.25) is 0 Å². The molecule has 0 radical (unpaired) electrons. The minimum atomic E-state index is -0.560. The zero-order valence-electron chi connectivity index (χ0n) is 22.5. The van der Waals surface area contributed by atoms with Crippen LogP contribution in [0, 0.1) is 0 Å². The highest BCUT2D eigenvalue weighted by Crippen LogP contribution is 2.43. The van der Waals surface area contributed by atoms with Gasteiger partial charge in [-0.15, -0.1) is 0 Å². The molecule has 11 heteroatoms. The van der Waals surface area contributed by atoms with Gasteiger partial charge in [0, 0.05) is 61.3 Å². The number of nitrogens with zero attached hydrogens (tertiary/aromatic N) is 7. The molecular weight excluding hydrogens is 496 g/mol. The molecule has 0 unspecified atom stereocenters. The second-order valence-corrected chi connectivity index (χ2v) is 10.8. The van der Waals surface area contributed by atoms with Crippen molar-refractivity contribution in [3.05, 3.63) is 54.2 Å². The molecule has 2 aromatic heterocycles. The number of rotatable bonds is 6. The summed E-state index contributed by atoms with van der Waals surface area (Å²) in [6.45, 7) is 8.82. The van der Waals surface area contributed by atoms with Crippen molar-refractivity contribution in [2.24, 2.45) is 0 Å². The highest BCUT2D eigenvalue weighted by Gasteiger charge is 2.42. The fraction of sp³-hybridized carbons (Fsp3) is 0.429. The fourth-order valence-electron chi connectivity index (χ4n) is 5.38. The number of amides is 1. The lowest BCUT2D eigenvalue weighted by molar-refractivity contribution is 0.179. The second-order valence-electron chi connectivity index (χ2n) is 10.8. The molecule has 0 aliphatic carbocycles. The highest BCUT2D eigenvalue weighted by atomic mass is 16.6. The molecule has 204 valence electrons. The molecule has 2 N–H and O–H groups in total. The average Bonchev–Trinajstić information content (AvgIpc) is 3.45. The van der Waals surface area contributed by atoms with E-state index in [9.17, 15) is 9.90 Å². The van der Waals surface area contributed by atoms with Crippen LogP contribution in [-0.4, -0.2) is 90.1 Å². The lowest BCUT2D eigenvalue weighted by atomic mass is 9.87. The van der Waals surface area contributed by atoms with Crippen LogP contribution < -0.4 is 20.0 Å². The summed E-state index contributed by atoms with van der Waals surface area (Å²) in [5.41, 5.74) is 2.39. The third-order valence-electron chi connectivity index (χ3n) is 7.85. The molecule has 0 bridgehead atoms. The van der Waals surface area contributed by atoms with Gasteiger partial charge in [-0.3, -0.25) is 4.90 Å². The predicted octanol–water partition coefficient (Wildman–Crippen LogP) is 3.11. The highest BCUT2D eigenvalue weighted by molar-refractivity contribution is 5.89. The number of anilines is 6. The van der Waals surface area contributed by atoms with E-state index in [0.717, 1.165) is 37.4 Å². The Hall–Kier alpha value is -3.96. The Bertz CT molecular complexity index is 1360. The zero-order valence-corrected chi connectivity index (χ0v) is 22.5. The number of benzene rings is 1. The number of aliphatic hydroxyl groups is 1. The first-order valence-electron chi connectivity index (χ1n) is 13.3. The van der Waals surface area contributed by atoms with E-state index in [4.69, 9.17) is 14.7 Å². The van der Waals surface area contributed by atoms with Gasteiger partial charge >= 0.3 is 6.09 Å². The number of carbonyl (C=O) groups excluding carboxylic acids is 1. The number of nitrogens with one attached hydrogen (secondary N) is 1. The van der Waals surface area contributed by atoms with E-state index in [1.54, 1.807) is 17.2 Å². The van der Waals surface area contributed by atoms with Gasteiger partial charge in [0.1, 0.15) is 24.1 Å². The molecule has 3 aliphatic heterocycles. The monoisotopic (exact) mass is 530 g/mol. The molecule has 11 nitrogen and oxygen atoms in total. The van der Waals surface area contributed by atoms with Crippen LogP contribution in [0.5, 0.6) is 0 Å². The second kappa shape index (κ2) is 9.97. The molecule has 6 rings (SSSR count). The standard InChI is InChI=1S/C28H34N8O3/c1-19-16-39-27(38)36(19)24-6-4-5-23(31-24)35-17-28(2,18-37)22-15-29-26(32-25(22)35)30-20-7-9-21(10-8-20)34-13-11-33(3)12-14-34/h4-10,15,19,37H,11-14,16-18H2,1-3H3,(H,29,30,32)/t19-,28-/m0/s1. The fourth-order valence-corrected chi connectivity index (χ4v) is 5.38. The maximum absolute atomic E-state index is 12.3. The number of aliphatic hydroxyl groups excluding tert-OH is 1. The quantitative estimate of drug-likeness (QED) is 0.493. The van der Waals surface area contributed by atoms with Crippen LogP contribution in [0.15, 0.2) is 48.7 Å². The van der Waals surface area contributed by atoms with Crippen LogP contribution in [0.3, 0.4) is 0 Å². The van der Waals surface area contributed by atoms with Crippen LogP contribution in [0.25, 0.3) is 0 Å². The molecule has 3 aliphatic rings. The van der Waals surface area contributed by atoms with Gasteiger partial charge < -0.3 is 29.9 Å². The van der Waals surface area contributed by atoms with Crippen molar-refractivity contribution in [3.63, 3.8) is 0 Å². The molecule has 3 aromatic rings. The normalized spacial score (nSPS) is 23.2. The molecule has 0 spiro atoms. The van der Waals surface area contributed by atoms with Gasteiger partial charge in [-0.25, -0.2) is 14.8 Å². The molecule has 2 atom stereocenters. The predicted molar refractivity (Wildman–Crippen MR) is 150 cm³/mol. The Morgan fingerprint density at radius 1 is 1.08 bits per heavy atom. The molecule has 1 aromatic carbocycles. The van der Waals surface area contributed by atoms with Gasteiger partial charge in [-0.05, 0) is 50.4 Å². The van der Waals surface area contributed by atoms with Crippen molar-refractivity contribution in [1.29, 1.82) is 0 Å². The summed E-state index contributed by atoms with van der Waals surface area (Å²) in [5.74, 6) is 2.30. The Morgan fingerprint density at radius 2 is 1.82 bits per heavy atom. The Labute approximate surface area is 228 Å². The van der Waals surface area contributed by atoms with Crippen molar-refractivity contribution in [3.8, 4) is 0 Å². The first kappa shape index (κ1) is 25.3. The molecule has 5 heterocycles. The minimum Gasteiger partial charge on any atom is -0.447 e. The first-order chi connectivity index (χ1) is 18.8. The topological polar surface area (TPSA) is 110 Å². The number of ether oxygens (including phenoxy) is 1. The maximum Gasteiger partial charge on any atom is 0.415 e. The number of cyclic esters (lactones) is 1. The number of likely N-dealkylation sites (N-methyl/N-ethyl adjacent to an activating group) is 1. The summed E-state index contributed by atoms with van der Waals surface area (Å²) in [6, 6.07) is 13.8. The van der Waals surface area contributed by atoms with E-state index < -0.39 is 11.5 Å². The molecule has 1 amide bonds. The van der Waals surface area contributed by atoms with E-state index in [2.05, 4.69) is 39.3 Å². The number of pyridine rings is 1. The lowest BCUT2D eigenvalue weighted by Gasteiger charge is -2.34. The van der Waals surface area contributed by atoms with Gasteiger partial charge in [0.2, 0.25) is 5.95 Å². The van der Waals surface area contributed by atoms with E-state index >= 15 is 0 Å². The Kier molecular flexibility index (Phi) is 6.48. The molecule has 2 fully saturated rings. The maximum atomic E-state index is 12.3. The third kappa shape index (κ3) is 4.72. The van der Waals surface area contributed by atoms with Gasteiger partial charge in [0.15, 0.2) is 0 Å². The molecule has 39 heavy (non-hydrogen) atoms. The van der Waals surface area contributed by atoms with Gasteiger partial charge in [0.25, 0.3) is 0 Å². The van der Waals surface area contributed by atoms with E-state index in [0.29, 0.717) is 36.6 Å². The van der Waals surface area contributed by atoms with E-state index in [1.807, 2.05) is 43.0 Å². The summed E-state index contributed by atoms with van der Waals surface area (Å²) < 4.78 is 5.19. The lowest BCUT2D eigenvalue weighted by Crippen LogP contribution is -2.44. The number of fused-ring (bicyclic) bond motifs is 1. The van der Waals surface area contributed by atoms with Gasteiger partial charge in [-0.2, -0.15) is 4.98 Å². The van der Waals surface area contributed by atoms with Crippen LogP contribution >= 0.6 is 0 Å². The summed E-state index contributed by atoms with van der Waals surface area (Å²) in [6.07, 6.45) is 1.38. The number of hydrogen-bond acceptors (Lipinski definition) is 10. The van der Waals surface area contributed by atoms with Crippen LogP contribution in [0.4, 0.5) is 39.6 Å². The van der Waals surface area contributed by atoms with Crippen LogP contribution in [0.1, 0.15) is 19.4 Å². The first-order valence-corrected chi connectivity index (χ1v) is 13.3. The summed E-state index contributed by atoms with van der Waals surface area (Å²) in [4.78, 5) is 34.8. The molecule has 2 saturated heterocycles. The average molecular weight is 531 g/mol. The third-order valence-corrected chi connectivity index (χ3v) is 7.85. The Balaban J connectivity index is 1.26.